The Kier molecular flexibility index (Phi) is 5.81. The van der Waals surface area contributed by atoms with E-state index in [2.05, 4.69) is 42.7 Å². The molecule has 3 aliphatic rings. The maximum absolute atomic E-state index is 16.2. The summed E-state index contributed by atoms with van der Waals surface area (Å²) in [7, 11) is 2.11. The van der Waals surface area contributed by atoms with Crippen LogP contribution in [0.5, 0.6) is 6.01 Å². The molecule has 4 aromatic rings. The number of H-pyrrole nitrogens is 1. The number of fused-ring (bicyclic) bond motifs is 4. The van der Waals surface area contributed by atoms with Gasteiger partial charge in [0, 0.05) is 42.0 Å². The van der Waals surface area contributed by atoms with E-state index >= 15 is 4.39 Å². The van der Waals surface area contributed by atoms with Gasteiger partial charge in [0.2, 0.25) is 0 Å². The molecule has 7 rings (SSSR count). The number of aromatic amines is 1. The van der Waals surface area contributed by atoms with Crippen LogP contribution in [0.2, 0.25) is 0 Å². The largest absolute Gasteiger partial charge is 0.462 e. The van der Waals surface area contributed by atoms with Crippen LogP contribution < -0.4 is 20.3 Å². The molecule has 2 unspecified atom stereocenters. The summed E-state index contributed by atoms with van der Waals surface area (Å²) in [6.07, 6.45) is 4.54. The minimum atomic E-state index is -0.434. The second-order valence-corrected chi connectivity index (χ2v) is 11.0. The summed E-state index contributed by atoms with van der Waals surface area (Å²) in [5.41, 5.74) is 2.59. The van der Waals surface area contributed by atoms with E-state index in [1.54, 1.807) is 6.07 Å². The predicted octanol–water partition coefficient (Wildman–Crippen LogP) is 4.11. The van der Waals surface area contributed by atoms with Gasteiger partial charge >= 0.3 is 6.01 Å². The van der Waals surface area contributed by atoms with Crippen LogP contribution in [0.15, 0.2) is 30.3 Å². The minimum absolute atomic E-state index is 0.232. The molecule has 10 heteroatoms. The van der Waals surface area contributed by atoms with Gasteiger partial charge in [0.1, 0.15) is 17.9 Å². The van der Waals surface area contributed by atoms with Crippen LogP contribution in [0.3, 0.4) is 0 Å². The molecule has 3 N–H and O–H groups in total. The van der Waals surface area contributed by atoms with Gasteiger partial charge < -0.3 is 25.2 Å². The number of nitrogens with zero attached hydrogens (tertiary/aromatic N) is 5. The maximum Gasteiger partial charge on any atom is 0.319 e. The lowest BCUT2D eigenvalue weighted by atomic mass is 10.1. The Labute approximate surface area is 220 Å². The first-order valence-electron chi connectivity index (χ1n) is 13.6. The zero-order valence-corrected chi connectivity index (χ0v) is 21.8. The molecule has 38 heavy (non-hydrogen) atoms. The second-order valence-electron chi connectivity index (χ2n) is 11.0. The smallest absolute Gasteiger partial charge is 0.319 e. The first kappa shape index (κ1) is 23.6. The number of piperazine rings is 1. The normalized spacial score (nSPS) is 23.6. The average molecular weight is 517 g/mol. The van der Waals surface area contributed by atoms with Crippen LogP contribution >= 0.6 is 0 Å². The molecule has 198 valence electrons. The van der Waals surface area contributed by atoms with E-state index in [4.69, 9.17) is 9.72 Å². The number of aromatic nitrogens is 4. The van der Waals surface area contributed by atoms with Crippen LogP contribution in [0.4, 0.5) is 21.7 Å². The maximum atomic E-state index is 16.2. The van der Waals surface area contributed by atoms with Crippen molar-refractivity contribution in [1.82, 2.24) is 30.4 Å². The van der Waals surface area contributed by atoms with Crippen LogP contribution in [-0.4, -0.2) is 76.5 Å². The highest BCUT2D eigenvalue weighted by molar-refractivity contribution is 5.96. The van der Waals surface area contributed by atoms with Gasteiger partial charge in [-0.2, -0.15) is 15.1 Å². The first-order valence-corrected chi connectivity index (χ1v) is 13.6. The third kappa shape index (κ3) is 4.12. The minimum Gasteiger partial charge on any atom is -0.462 e. The SMILES string of the molecule is Cc1cccc2c(Nc3ccc4c(N5CC6CCC(C5)N6)nc(OC[C@@H]5CCCN5C)nc4c3F)n[nH]c12. The Morgan fingerprint density at radius 3 is 2.71 bits per heavy atom. The van der Waals surface area contributed by atoms with Crippen molar-refractivity contribution in [2.45, 2.75) is 50.7 Å². The number of aryl methyl sites for hydroxylation is 1. The molecule has 0 saturated carbocycles. The molecule has 0 aliphatic carbocycles. The van der Waals surface area contributed by atoms with Crippen LogP contribution in [0, 0.1) is 12.7 Å². The van der Waals surface area contributed by atoms with E-state index in [1.807, 2.05) is 31.2 Å². The summed E-state index contributed by atoms with van der Waals surface area (Å²) < 4.78 is 22.3. The van der Waals surface area contributed by atoms with Crippen molar-refractivity contribution in [3.05, 3.63) is 41.7 Å². The summed E-state index contributed by atoms with van der Waals surface area (Å²) in [5, 5.41) is 15.9. The van der Waals surface area contributed by atoms with E-state index in [1.165, 1.54) is 0 Å². The lowest BCUT2D eigenvalue weighted by Crippen LogP contribution is -2.51. The number of benzene rings is 2. The quantitative estimate of drug-likeness (QED) is 0.353. The molecule has 5 heterocycles. The molecule has 2 aromatic carbocycles. The highest BCUT2D eigenvalue weighted by atomic mass is 19.1. The number of nitrogens with one attached hydrogen (secondary N) is 3. The Bertz CT molecular complexity index is 1490. The van der Waals surface area contributed by atoms with Gasteiger partial charge in [-0.25, -0.2) is 4.39 Å². The molecule has 3 fully saturated rings. The third-order valence-corrected chi connectivity index (χ3v) is 8.42. The van der Waals surface area contributed by atoms with Gasteiger partial charge in [0.05, 0.1) is 11.2 Å². The molecule has 9 nitrogen and oxygen atoms in total. The van der Waals surface area contributed by atoms with E-state index in [9.17, 15) is 0 Å². The number of likely N-dealkylation sites (N-methyl/N-ethyl adjacent to an activating group) is 1. The molecular weight excluding hydrogens is 483 g/mol. The Morgan fingerprint density at radius 1 is 1.08 bits per heavy atom. The molecule has 3 atom stereocenters. The van der Waals surface area contributed by atoms with Gasteiger partial charge in [-0.05, 0) is 70.0 Å². The Balaban J connectivity index is 1.27. The van der Waals surface area contributed by atoms with Gasteiger partial charge in [-0.15, -0.1) is 0 Å². The molecule has 0 radical (unpaired) electrons. The molecule has 3 saturated heterocycles. The fourth-order valence-electron chi connectivity index (χ4n) is 6.27. The second kappa shape index (κ2) is 9.36. The Hall–Kier alpha value is -3.50. The molecule has 0 spiro atoms. The van der Waals surface area contributed by atoms with Crippen molar-refractivity contribution in [2.24, 2.45) is 0 Å². The summed E-state index contributed by atoms with van der Waals surface area (Å²) in [6.45, 7) is 5.26. The highest BCUT2D eigenvalue weighted by Crippen LogP contribution is 2.35. The van der Waals surface area contributed by atoms with Crippen molar-refractivity contribution in [3.63, 3.8) is 0 Å². The van der Waals surface area contributed by atoms with Crippen molar-refractivity contribution >= 4 is 39.1 Å². The van der Waals surface area contributed by atoms with Crippen molar-refractivity contribution < 1.29 is 9.13 Å². The Morgan fingerprint density at radius 2 is 1.92 bits per heavy atom. The average Bonchev–Trinajstić information content (AvgIpc) is 3.63. The lowest BCUT2D eigenvalue weighted by Gasteiger charge is -2.34. The van der Waals surface area contributed by atoms with E-state index in [0.717, 1.165) is 67.6 Å². The highest BCUT2D eigenvalue weighted by Gasteiger charge is 2.34. The lowest BCUT2D eigenvalue weighted by molar-refractivity contribution is 0.188. The summed E-state index contributed by atoms with van der Waals surface area (Å²) in [5.74, 6) is 0.890. The van der Waals surface area contributed by atoms with Gasteiger partial charge in [0.25, 0.3) is 0 Å². The molecular formula is C28H33FN8O. The van der Waals surface area contributed by atoms with Crippen LogP contribution in [0.1, 0.15) is 31.2 Å². The van der Waals surface area contributed by atoms with Crippen molar-refractivity contribution in [2.75, 3.05) is 43.5 Å². The number of halogens is 1. The summed E-state index contributed by atoms with van der Waals surface area (Å²) >= 11 is 0. The van der Waals surface area contributed by atoms with Gasteiger partial charge in [-0.1, -0.05) is 12.1 Å². The molecule has 3 aliphatic heterocycles. The number of hydrogen-bond donors (Lipinski definition) is 3. The van der Waals surface area contributed by atoms with Gasteiger partial charge in [0.15, 0.2) is 11.6 Å². The molecule has 2 bridgehead atoms. The topological polar surface area (TPSA) is 94.2 Å². The summed E-state index contributed by atoms with van der Waals surface area (Å²) in [6, 6.07) is 11.0. The van der Waals surface area contributed by atoms with Crippen molar-refractivity contribution in [1.29, 1.82) is 0 Å². The van der Waals surface area contributed by atoms with Crippen molar-refractivity contribution in [3.8, 4) is 6.01 Å². The zero-order valence-electron chi connectivity index (χ0n) is 21.8. The van der Waals surface area contributed by atoms with E-state index < -0.39 is 5.82 Å². The number of para-hydroxylation sites is 1. The zero-order chi connectivity index (χ0) is 25.8. The fourth-order valence-corrected chi connectivity index (χ4v) is 6.27. The number of hydrogen-bond acceptors (Lipinski definition) is 8. The molecule has 0 amide bonds. The monoisotopic (exact) mass is 516 g/mol. The van der Waals surface area contributed by atoms with E-state index in [-0.39, 0.29) is 11.5 Å². The van der Waals surface area contributed by atoms with Gasteiger partial charge in [-0.3, -0.25) is 5.10 Å². The number of ether oxygens (including phenoxy) is 1. The number of anilines is 3. The number of likely N-dealkylation sites (tertiary alicyclic amines) is 1. The fraction of sp³-hybridized carbons (Fsp3) is 0.464. The van der Waals surface area contributed by atoms with Crippen LogP contribution in [0.25, 0.3) is 21.8 Å². The van der Waals surface area contributed by atoms with E-state index in [0.29, 0.717) is 41.6 Å². The first-order chi connectivity index (χ1) is 18.5. The van der Waals surface area contributed by atoms with Crippen LogP contribution in [-0.2, 0) is 0 Å². The standard InChI is InChI=1S/C28H33FN8O/c1-16-5-3-7-20-24(16)34-35-26(20)31-22-11-10-21-25(23(22)29)32-28(38-15-19-6-4-12-36(19)2)33-27(21)37-13-17-8-9-18(14-37)30-17/h3,5,7,10-11,17-19,30H,4,6,8-9,12-15H2,1-2H3,(H2,31,34,35)/t17?,18?,19-/m0/s1. The third-order valence-electron chi connectivity index (χ3n) is 8.42. The molecule has 2 aromatic heterocycles. The predicted molar refractivity (Wildman–Crippen MR) is 147 cm³/mol. The number of rotatable bonds is 6. The summed E-state index contributed by atoms with van der Waals surface area (Å²) in [4.78, 5) is 14.0.